The molecule has 2 saturated heterocycles. The Kier molecular flexibility index (Phi) is 8.35. The largest absolute Gasteiger partial charge is 0.480 e. The molecule has 6 rings (SSSR count). The molecule has 6 heteroatoms. The zero-order valence-electron chi connectivity index (χ0n) is 23.9. The first-order valence-corrected chi connectivity index (χ1v) is 15.4. The Morgan fingerprint density at radius 1 is 0.925 bits per heavy atom. The van der Waals surface area contributed by atoms with Crippen LogP contribution in [0.25, 0.3) is 11.3 Å². The standard InChI is InChI=1S/C34H44N4O2/c1-25-21-32(27-13-7-3-8-14-27)35-38(25)30-17-19-36(20-18-30)22-29-23-37(24-31(29)26-11-5-2-6-12-26)33(34(39)40)28-15-9-4-10-16-28/h2-3,5-8,11-14,21,28-31,33H,4,9-10,15-20,22-24H2,1H3,(H,39,40)/t29-,31+,33+/m0/s1. The third kappa shape index (κ3) is 5.89. The first kappa shape index (κ1) is 27.2. The number of carboxylic acids is 1. The number of aromatic nitrogens is 2. The zero-order valence-corrected chi connectivity index (χ0v) is 23.9. The average Bonchev–Trinajstić information content (AvgIpc) is 3.58. The highest BCUT2D eigenvalue weighted by atomic mass is 16.4. The van der Waals surface area contributed by atoms with Gasteiger partial charge in [0.1, 0.15) is 6.04 Å². The summed E-state index contributed by atoms with van der Waals surface area (Å²) in [6, 6.07) is 23.6. The van der Waals surface area contributed by atoms with Crippen LogP contribution in [0.2, 0.25) is 0 Å². The second-order valence-corrected chi connectivity index (χ2v) is 12.4. The predicted octanol–water partition coefficient (Wildman–Crippen LogP) is 6.24. The molecule has 212 valence electrons. The Morgan fingerprint density at radius 3 is 2.27 bits per heavy atom. The molecule has 3 aromatic rings. The molecule has 3 atom stereocenters. The summed E-state index contributed by atoms with van der Waals surface area (Å²) in [6.07, 6.45) is 7.91. The van der Waals surface area contributed by atoms with E-state index in [-0.39, 0.29) is 12.0 Å². The van der Waals surface area contributed by atoms with E-state index in [0.29, 0.717) is 17.9 Å². The van der Waals surface area contributed by atoms with Crippen LogP contribution >= 0.6 is 0 Å². The average molecular weight is 541 g/mol. The van der Waals surface area contributed by atoms with E-state index < -0.39 is 5.97 Å². The van der Waals surface area contributed by atoms with E-state index >= 15 is 0 Å². The quantitative estimate of drug-likeness (QED) is 0.366. The molecule has 1 aromatic heterocycles. The van der Waals surface area contributed by atoms with Gasteiger partial charge in [-0.3, -0.25) is 14.4 Å². The lowest BCUT2D eigenvalue weighted by atomic mass is 9.83. The molecule has 3 aliphatic rings. The number of carboxylic acid groups (broad SMARTS) is 1. The Morgan fingerprint density at radius 2 is 1.60 bits per heavy atom. The number of rotatable bonds is 8. The minimum absolute atomic E-state index is 0.287. The predicted molar refractivity (Wildman–Crippen MR) is 159 cm³/mol. The van der Waals surface area contributed by atoms with Crippen LogP contribution < -0.4 is 0 Å². The van der Waals surface area contributed by atoms with Gasteiger partial charge in [0.05, 0.1) is 11.7 Å². The minimum atomic E-state index is -0.621. The monoisotopic (exact) mass is 540 g/mol. The van der Waals surface area contributed by atoms with E-state index in [9.17, 15) is 9.90 Å². The molecule has 1 aliphatic carbocycles. The van der Waals surface area contributed by atoms with Gasteiger partial charge in [-0.1, -0.05) is 79.9 Å². The first-order chi connectivity index (χ1) is 19.6. The van der Waals surface area contributed by atoms with E-state index in [1.807, 2.05) is 6.07 Å². The van der Waals surface area contributed by atoms with E-state index in [4.69, 9.17) is 5.10 Å². The maximum atomic E-state index is 12.6. The maximum absolute atomic E-state index is 12.6. The van der Waals surface area contributed by atoms with Crippen LogP contribution in [0.3, 0.4) is 0 Å². The Labute approximate surface area is 239 Å². The fourth-order valence-electron chi connectivity index (χ4n) is 7.79. The molecule has 2 aliphatic heterocycles. The number of aliphatic carboxylic acids is 1. The number of piperidine rings is 1. The summed E-state index contributed by atoms with van der Waals surface area (Å²) in [5.74, 6) is 0.492. The highest BCUT2D eigenvalue weighted by molar-refractivity contribution is 5.74. The van der Waals surface area contributed by atoms with Crippen molar-refractivity contribution in [3.63, 3.8) is 0 Å². The van der Waals surface area contributed by atoms with Crippen molar-refractivity contribution in [1.82, 2.24) is 19.6 Å². The molecule has 0 amide bonds. The van der Waals surface area contributed by atoms with Crippen molar-refractivity contribution in [2.24, 2.45) is 11.8 Å². The summed E-state index contributed by atoms with van der Waals surface area (Å²) in [7, 11) is 0. The SMILES string of the molecule is Cc1cc(-c2ccccc2)nn1C1CCN(C[C@H]2CN([C@@H](C(=O)O)C3CCCCC3)C[C@@H]2c2ccccc2)CC1. The van der Waals surface area contributed by atoms with E-state index in [1.54, 1.807) is 0 Å². The van der Waals surface area contributed by atoms with Gasteiger partial charge >= 0.3 is 5.97 Å². The van der Waals surface area contributed by atoms with Crippen molar-refractivity contribution >= 4 is 5.97 Å². The smallest absolute Gasteiger partial charge is 0.321 e. The molecule has 0 bridgehead atoms. The van der Waals surface area contributed by atoms with E-state index in [0.717, 1.165) is 64.1 Å². The number of likely N-dealkylation sites (tertiary alicyclic amines) is 2. The first-order valence-electron chi connectivity index (χ1n) is 15.4. The normalized spacial score (nSPS) is 24.3. The zero-order chi connectivity index (χ0) is 27.5. The molecule has 40 heavy (non-hydrogen) atoms. The molecule has 1 saturated carbocycles. The number of nitrogens with zero attached hydrogens (tertiary/aromatic N) is 4. The van der Waals surface area contributed by atoms with E-state index in [1.165, 1.54) is 36.1 Å². The molecular weight excluding hydrogens is 496 g/mol. The number of hydrogen-bond donors (Lipinski definition) is 1. The third-order valence-electron chi connectivity index (χ3n) is 9.83. The molecule has 3 heterocycles. The van der Waals surface area contributed by atoms with Crippen LogP contribution in [0.15, 0.2) is 66.7 Å². The topological polar surface area (TPSA) is 61.6 Å². The Balaban J connectivity index is 1.13. The van der Waals surface area contributed by atoms with Crippen molar-refractivity contribution in [2.45, 2.75) is 69.9 Å². The third-order valence-corrected chi connectivity index (χ3v) is 9.83. The van der Waals surface area contributed by atoms with Gasteiger partial charge in [-0.05, 0) is 56.1 Å². The van der Waals surface area contributed by atoms with Crippen LogP contribution in [0.5, 0.6) is 0 Å². The van der Waals surface area contributed by atoms with Gasteiger partial charge in [0.25, 0.3) is 0 Å². The molecular formula is C34H44N4O2. The van der Waals surface area contributed by atoms with Gasteiger partial charge in [0.15, 0.2) is 0 Å². The number of carbonyl (C=O) groups is 1. The lowest BCUT2D eigenvalue weighted by Gasteiger charge is -2.35. The van der Waals surface area contributed by atoms with Crippen LogP contribution in [0, 0.1) is 18.8 Å². The molecule has 0 radical (unpaired) electrons. The van der Waals surface area contributed by atoms with Crippen LogP contribution in [0.1, 0.15) is 68.2 Å². The Bertz CT molecular complexity index is 1250. The van der Waals surface area contributed by atoms with Crippen molar-refractivity contribution in [1.29, 1.82) is 0 Å². The van der Waals surface area contributed by atoms with Crippen molar-refractivity contribution in [3.05, 3.63) is 78.0 Å². The number of aryl methyl sites for hydroxylation is 1. The molecule has 3 fully saturated rings. The lowest BCUT2D eigenvalue weighted by molar-refractivity contribution is -0.145. The highest BCUT2D eigenvalue weighted by Gasteiger charge is 2.43. The highest BCUT2D eigenvalue weighted by Crippen LogP contribution is 2.39. The number of benzene rings is 2. The lowest BCUT2D eigenvalue weighted by Crippen LogP contribution is -2.46. The van der Waals surface area contributed by atoms with Crippen molar-refractivity contribution in [3.8, 4) is 11.3 Å². The summed E-state index contributed by atoms with van der Waals surface area (Å²) in [4.78, 5) is 17.5. The molecule has 0 unspecified atom stereocenters. The summed E-state index contributed by atoms with van der Waals surface area (Å²) in [5, 5.41) is 15.3. The number of hydrogen-bond acceptors (Lipinski definition) is 4. The van der Waals surface area contributed by atoms with Gasteiger partial charge in [0.2, 0.25) is 0 Å². The maximum Gasteiger partial charge on any atom is 0.321 e. The van der Waals surface area contributed by atoms with E-state index in [2.05, 4.69) is 82.1 Å². The van der Waals surface area contributed by atoms with Crippen LogP contribution in [-0.2, 0) is 4.79 Å². The van der Waals surface area contributed by atoms with Crippen LogP contribution in [0.4, 0.5) is 0 Å². The summed E-state index contributed by atoms with van der Waals surface area (Å²) in [5.41, 5.74) is 4.82. The summed E-state index contributed by atoms with van der Waals surface area (Å²) < 4.78 is 2.26. The van der Waals surface area contributed by atoms with Gasteiger partial charge in [0, 0.05) is 49.9 Å². The fourth-order valence-corrected chi connectivity index (χ4v) is 7.79. The molecule has 0 spiro atoms. The minimum Gasteiger partial charge on any atom is -0.480 e. The van der Waals surface area contributed by atoms with Gasteiger partial charge in [-0.25, -0.2) is 0 Å². The second kappa shape index (κ2) is 12.3. The fraction of sp³-hybridized carbons (Fsp3) is 0.529. The second-order valence-electron chi connectivity index (χ2n) is 12.4. The van der Waals surface area contributed by atoms with Crippen LogP contribution in [-0.4, -0.2) is 69.4 Å². The van der Waals surface area contributed by atoms with Crippen molar-refractivity contribution < 1.29 is 9.90 Å². The summed E-state index contributed by atoms with van der Waals surface area (Å²) >= 11 is 0. The Hall–Kier alpha value is -2.96. The molecule has 2 aromatic carbocycles. The molecule has 6 nitrogen and oxygen atoms in total. The molecule has 1 N–H and O–H groups in total. The van der Waals surface area contributed by atoms with Gasteiger partial charge in [-0.2, -0.15) is 5.10 Å². The summed E-state index contributed by atoms with van der Waals surface area (Å²) in [6.45, 7) is 7.07. The van der Waals surface area contributed by atoms with Crippen molar-refractivity contribution in [2.75, 3.05) is 32.7 Å². The van der Waals surface area contributed by atoms with Gasteiger partial charge in [-0.15, -0.1) is 0 Å². The van der Waals surface area contributed by atoms with Gasteiger partial charge < -0.3 is 10.0 Å².